The van der Waals surface area contributed by atoms with E-state index in [9.17, 15) is 4.79 Å². The predicted octanol–water partition coefficient (Wildman–Crippen LogP) is 2.54. The molecule has 2 N–H and O–H groups in total. The number of amides is 1. The smallest absolute Gasteiger partial charge is 0.225 e. The van der Waals surface area contributed by atoms with Crippen LogP contribution in [0.2, 0.25) is 5.02 Å². The van der Waals surface area contributed by atoms with Crippen LogP contribution in [0.4, 0.5) is 5.82 Å². The van der Waals surface area contributed by atoms with Gasteiger partial charge in [-0.05, 0) is 49.7 Å². The highest BCUT2D eigenvalue weighted by atomic mass is 35.5. The van der Waals surface area contributed by atoms with Gasteiger partial charge >= 0.3 is 0 Å². The first kappa shape index (κ1) is 17.1. The first-order valence-corrected chi connectivity index (χ1v) is 9.91. The second kappa shape index (κ2) is 7.12. The zero-order valence-corrected chi connectivity index (χ0v) is 15.4. The minimum atomic E-state index is 0.181. The molecule has 5 nitrogen and oxygen atoms in total. The Balaban J connectivity index is 1.36. The van der Waals surface area contributed by atoms with E-state index in [1.807, 2.05) is 17.0 Å². The van der Waals surface area contributed by atoms with Gasteiger partial charge in [-0.15, -0.1) is 0 Å². The van der Waals surface area contributed by atoms with E-state index in [4.69, 9.17) is 17.3 Å². The summed E-state index contributed by atoms with van der Waals surface area (Å²) in [6.45, 7) is 3.09. The Morgan fingerprint density at radius 3 is 2.48 bits per heavy atom. The van der Waals surface area contributed by atoms with Gasteiger partial charge in [-0.1, -0.05) is 18.0 Å². The van der Waals surface area contributed by atoms with Crippen molar-refractivity contribution < 1.29 is 4.79 Å². The van der Waals surface area contributed by atoms with E-state index in [0.717, 1.165) is 44.8 Å². The summed E-state index contributed by atoms with van der Waals surface area (Å²) in [5.41, 5.74) is 6.37. The van der Waals surface area contributed by atoms with Crippen LogP contribution in [-0.4, -0.2) is 48.0 Å². The largest absolute Gasteiger partial charge is 0.352 e. The van der Waals surface area contributed by atoms with Gasteiger partial charge in [0.05, 0.1) is 5.02 Å². The van der Waals surface area contributed by atoms with Crippen LogP contribution in [-0.2, 0) is 4.79 Å². The minimum absolute atomic E-state index is 0.181. The number of carbonyl (C=O) groups is 1. The Kier molecular flexibility index (Phi) is 4.87. The Bertz CT molecular complexity index is 618. The summed E-state index contributed by atoms with van der Waals surface area (Å²) in [4.78, 5) is 21.6. The van der Waals surface area contributed by atoms with Crippen molar-refractivity contribution >= 4 is 23.3 Å². The topological polar surface area (TPSA) is 62.5 Å². The third kappa shape index (κ3) is 3.36. The van der Waals surface area contributed by atoms with Gasteiger partial charge in [-0.25, -0.2) is 4.98 Å². The van der Waals surface area contributed by atoms with Crippen molar-refractivity contribution in [1.82, 2.24) is 9.88 Å². The van der Waals surface area contributed by atoms with Gasteiger partial charge in [0, 0.05) is 44.3 Å². The minimum Gasteiger partial charge on any atom is -0.352 e. The number of nitrogens with zero attached hydrogens (tertiary/aromatic N) is 3. The van der Waals surface area contributed by atoms with Crippen LogP contribution in [0, 0.1) is 17.8 Å². The first-order chi connectivity index (χ1) is 12.1. The monoisotopic (exact) mass is 362 g/mol. The fourth-order valence-electron chi connectivity index (χ4n) is 5.00. The third-order valence-corrected chi connectivity index (χ3v) is 6.69. The van der Waals surface area contributed by atoms with Gasteiger partial charge < -0.3 is 15.5 Å². The van der Waals surface area contributed by atoms with Crippen LogP contribution >= 0.6 is 11.6 Å². The van der Waals surface area contributed by atoms with Crippen molar-refractivity contribution in [3.8, 4) is 0 Å². The van der Waals surface area contributed by atoms with Gasteiger partial charge in [-0.2, -0.15) is 0 Å². The maximum absolute atomic E-state index is 13.0. The molecule has 2 heterocycles. The molecule has 136 valence electrons. The molecule has 2 bridgehead atoms. The Labute approximate surface area is 154 Å². The van der Waals surface area contributed by atoms with Crippen molar-refractivity contribution in [3.63, 3.8) is 0 Å². The molecule has 6 heteroatoms. The molecule has 25 heavy (non-hydrogen) atoms. The third-order valence-electron chi connectivity index (χ3n) is 6.39. The number of hydrogen-bond donors (Lipinski definition) is 1. The lowest BCUT2D eigenvalue weighted by Crippen LogP contribution is -2.53. The number of fused-ring (bicyclic) bond motifs is 2. The second-order valence-corrected chi connectivity index (χ2v) is 8.23. The molecule has 4 rings (SSSR count). The van der Waals surface area contributed by atoms with Gasteiger partial charge in [0.2, 0.25) is 5.91 Å². The van der Waals surface area contributed by atoms with Crippen LogP contribution < -0.4 is 10.6 Å². The lowest BCUT2D eigenvalue weighted by atomic mass is 9.65. The molecule has 1 aromatic heterocycles. The fraction of sp³-hybridized carbons (Fsp3) is 0.684. The Hall–Kier alpha value is -1.33. The number of piperazine rings is 1. The molecule has 3 fully saturated rings. The van der Waals surface area contributed by atoms with E-state index in [0.29, 0.717) is 28.8 Å². The average molecular weight is 363 g/mol. The zero-order chi connectivity index (χ0) is 17.4. The number of rotatable bonds is 2. The lowest BCUT2D eigenvalue weighted by molar-refractivity contribution is -0.138. The van der Waals surface area contributed by atoms with E-state index < -0.39 is 0 Å². The number of halogens is 1. The quantitative estimate of drug-likeness (QED) is 0.878. The van der Waals surface area contributed by atoms with E-state index in [-0.39, 0.29) is 5.92 Å². The number of hydrogen-bond acceptors (Lipinski definition) is 4. The number of carbonyl (C=O) groups excluding carboxylic acids is 1. The van der Waals surface area contributed by atoms with Gasteiger partial charge in [0.1, 0.15) is 5.82 Å². The molecule has 0 spiro atoms. The molecule has 3 aliphatic rings. The normalized spacial score (nSPS) is 32.6. The molecular weight excluding hydrogens is 336 g/mol. The van der Waals surface area contributed by atoms with Crippen molar-refractivity contribution in [2.75, 3.05) is 31.1 Å². The Morgan fingerprint density at radius 2 is 1.84 bits per heavy atom. The van der Waals surface area contributed by atoms with E-state index in [2.05, 4.69) is 9.88 Å². The SMILES string of the molecule is NC1C2CCCC1CC(C(=O)N1CCN(c3ncccc3Cl)CC1)C2. The highest BCUT2D eigenvalue weighted by molar-refractivity contribution is 6.32. The lowest BCUT2D eigenvalue weighted by Gasteiger charge is -2.45. The highest BCUT2D eigenvalue weighted by Crippen LogP contribution is 2.42. The summed E-state index contributed by atoms with van der Waals surface area (Å²) in [6, 6.07) is 4.03. The molecule has 0 radical (unpaired) electrons. The van der Waals surface area contributed by atoms with E-state index in [1.54, 1.807) is 6.20 Å². The molecular formula is C19H27ClN4O. The molecule has 1 saturated heterocycles. The maximum Gasteiger partial charge on any atom is 0.225 e. The predicted molar refractivity (Wildman–Crippen MR) is 99.6 cm³/mol. The molecule has 1 amide bonds. The van der Waals surface area contributed by atoms with Crippen molar-refractivity contribution in [1.29, 1.82) is 0 Å². The number of nitrogens with two attached hydrogens (primary N) is 1. The molecule has 1 aromatic rings. The summed E-state index contributed by atoms with van der Waals surface area (Å²) in [7, 11) is 0. The summed E-state index contributed by atoms with van der Waals surface area (Å²) < 4.78 is 0. The molecule has 2 atom stereocenters. The van der Waals surface area contributed by atoms with Gasteiger partial charge in [0.25, 0.3) is 0 Å². The van der Waals surface area contributed by atoms with Crippen molar-refractivity contribution in [3.05, 3.63) is 23.4 Å². The van der Waals surface area contributed by atoms with E-state index in [1.165, 1.54) is 19.3 Å². The molecule has 2 aliphatic carbocycles. The fourth-order valence-corrected chi connectivity index (χ4v) is 5.24. The summed E-state index contributed by atoms with van der Waals surface area (Å²) >= 11 is 6.25. The molecule has 0 aromatic carbocycles. The second-order valence-electron chi connectivity index (χ2n) is 7.82. The van der Waals surface area contributed by atoms with Crippen LogP contribution in [0.1, 0.15) is 32.1 Å². The molecule has 1 aliphatic heterocycles. The number of pyridine rings is 1. The maximum atomic E-state index is 13.0. The number of aromatic nitrogens is 1. The molecule has 2 saturated carbocycles. The highest BCUT2D eigenvalue weighted by Gasteiger charge is 2.41. The van der Waals surface area contributed by atoms with E-state index >= 15 is 0 Å². The molecule has 2 unspecified atom stereocenters. The summed E-state index contributed by atoms with van der Waals surface area (Å²) in [6.07, 6.45) is 7.43. The van der Waals surface area contributed by atoms with Crippen molar-refractivity contribution in [2.24, 2.45) is 23.5 Å². The first-order valence-electron chi connectivity index (χ1n) is 9.53. The van der Waals surface area contributed by atoms with Gasteiger partial charge in [-0.3, -0.25) is 4.79 Å². The summed E-state index contributed by atoms with van der Waals surface area (Å²) in [5.74, 6) is 2.45. The standard InChI is InChI=1S/C19H27ClN4O/c20-16-5-2-6-22-18(16)23-7-9-24(10-8-23)19(25)15-11-13-3-1-4-14(12-15)17(13)21/h2,5-6,13-15,17H,1,3-4,7-12,21H2. The number of anilines is 1. The van der Waals surface area contributed by atoms with Crippen LogP contribution in [0.15, 0.2) is 18.3 Å². The zero-order valence-electron chi connectivity index (χ0n) is 14.6. The Morgan fingerprint density at radius 1 is 1.16 bits per heavy atom. The van der Waals surface area contributed by atoms with Gasteiger partial charge in [0.15, 0.2) is 0 Å². The average Bonchev–Trinajstić information content (AvgIpc) is 2.61. The summed E-state index contributed by atoms with van der Waals surface area (Å²) in [5, 5.41) is 0.677. The van der Waals surface area contributed by atoms with Crippen molar-refractivity contribution in [2.45, 2.75) is 38.1 Å². The van der Waals surface area contributed by atoms with Crippen LogP contribution in [0.5, 0.6) is 0 Å². The van der Waals surface area contributed by atoms with Crippen LogP contribution in [0.25, 0.3) is 0 Å². The van der Waals surface area contributed by atoms with Crippen LogP contribution in [0.3, 0.4) is 0 Å².